The molecule has 0 aliphatic carbocycles. The summed E-state index contributed by atoms with van der Waals surface area (Å²) in [6.45, 7) is 3.34. The Morgan fingerprint density at radius 2 is 2.06 bits per heavy atom. The maximum Gasteiger partial charge on any atom is 0.313 e. The third-order valence-corrected chi connectivity index (χ3v) is 3.64. The summed E-state index contributed by atoms with van der Waals surface area (Å²) in [6.07, 6.45) is 0. The Labute approximate surface area is 120 Å². The summed E-state index contributed by atoms with van der Waals surface area (Å²) in [4.78, 5) is 11.6. The van der Waals surface area contributed by atoms with Crippen LogP contribution in [0.1, 0.15) is 25.5 Å². The molecule has 1 rings (SSSR count). The lowest BCUT2D eigenvalue weighted by molar-refractivity contribution is -0.152. The first-order chi connectivity index (χ1) is 7.82. The number of hydrogen-bond acceptors (Lipinski definition) is 3. The van der Waals surface area contributed by atoms with Crippen molar-refractivity contribution in [3.63, 3.8) is 0 Å². The maximum atomic E-state index is 13.4. The summed E-state index contributed by atoms with van der Waals surface area (Å²) in [5.74, 6) is -0.834. The van der Waals surface area contributed by atoms with E-state index in [1.165, 1.54) is 13.2 Å². The Bertz CT molecular complexity index is 440. The van der Waals surface area contributed by atoms with Crippen LogP contribution in [0.15, 0.2) is 22.7 Å². The average molecular weight is 341 g/mol. The SMILES string of the molecule is COC(=O)C(C)(C)[C@@H](N)c1cccc(F)c1Br.Cl. The second-order valence-corrected chi connectivity index (χ2v) is 5.13. The van der Waals surface area contributed by atoms with E-state index in [1.807, 2.05) is 0 Å². The summed E-state index contributed by atoms with van der Waals surface area (Å²) in [5.41, 5.74) is 5.64. The second kappa shape index (κ2) is 6.50. The van der Waals surface area contributed by atoms with Crippen LogP contribution in [0.4, 0.5) is 4.39 Å². The molecule has 0 aliphatic rings. The second-order valence-electron chi connectivity index (χ2n) is 4.33. The molecule has 0 amide bonds. The van der Waals surface area contributed by atoms with Crippen molar-refractivity contribution < 1.29 is 13.9 Å². The normalized spacial score (nSPS) is 12.6. The van der Waals surface area contributed by atoms with E-state index in [2.05, 4.69) is 15.9 Å². The lowest BCUT2D eigenvalue weighted by atomic mass is 9.81. The molecule has 0 saturated carbocycles. The Morgan fingerprint density at radius 3 is 2.56 bits per heavy atom. The average Bonchev–Trinajstić information content (AvgIpc) is 2.30. The zero-order chi connectivity index (χ0) is 13.2. The molecule has 1 aromatic carbocycles. The van der Waals surface area contributed by atoms with E-state index in [1.54, 1.807) is 26.0 Å². The summed E-state index contributed by atoms with van der Waals surface area (Å²) < 4.78 is 18.4. The van der Waals surface area contributed by atoms with Crippen molar-refractivity contribution in [1.29, 1.82) is 0 Å². The number of nitrogens with two attached hydrogens (primary N) is 1. The zero-order valence-corrected chi connectivity index (χ0v) is 12.8. The molecule has 0 unspecified atom stereocenters. The topological polar surface area (TPSA) is 52.3 Å². The van der Waals surface area contributed by atoms with Crippen LogP contribution in [0.25, 0.3) is 0 Å². The summed E-state index contributed by atoms with van der Waals surface area (Å²) in [6, 6.07) is 3.91. The van der Waals surface area contributed by atoms with Gasteiger partial charge in [-0.3, -0.25) is 4.79 Å². The van der Waals surface area contributed by atoms with E-state index in [0.717, 1.165) is 0 Å². The molecular weight excluding hydrogens is 324 g/mol. The number of methoxy groups -OCH3 is 1. The molecule has 0 radical (unpaired) electrons. The summed E-state index contributed by atoms with van der Waals surface area (Å²) in [5, 5.41) is 0. The van der Waals surface area contributed by atoms with Crippen molar-refractivity contribution in [1.82, 2.24) is 0 Å². The summed E-state index contributed by atoms with van der Waals surface area (Å²) >= 11 is 3.14. The van der Waals surface area contributed by atoms with Crippen LogP contribution in [0.3, 0.4) is 0 Å². The van der Waals surface area contributed by atoms with Gasteiger partial charge in [0.2, 0.25) is 0 Å². The van der Waals surface area contributed by atoms with Crippen molar-refractivity contribution in [2.75, 3.05) is 7.11 Å². The Hall–Kier alpha value is -0.650. The Morgan fingerprint density at radius 1 is 1.50 bits per heavy atom. The van der Waals surface area contributed by atoms with Crippen LogP contribution in [-0.2, 0) is 9.53 Å². The number of rotatable bonds is 3. The van der Waals surface area contributed by atoms with Gasteiger partial charge < -0.3 is 10.5 Å². The summed E-state index contributed by atoms with van der Waals surface area (Å²) in [7, 11) is 1.30. The van der Waals surface area contributed by atoms with Crippen LogP contribution in [0.2, 0.25) is 0 Å². The molecule has 2 N–H and O–H groups in total. The van der Waals surface area contributed by atoms with Crippen LogP contribution in [0, 0.1) is 11.2 Å². The minimum atomic E-state index is -0.926. The first-order valence-corrected chi connectivity index (χ1v) is 5.89. The number of halogens is 3. The highest BCUT2D eigenvalue weighted by Crippen LogP contribution is 2.36. The van der Waals surface area contributed by atoms with Gasteiger partial charge in [0.1, 0.15) is 5.82 Å². The van der Waals surface area contributed by atoms with Gasteiger partial charge >= 0.3 is 5.97 Å². The zero-order valence-electron chi connectivity index (χ0n) is 10.4. The molecule has 0 aliphatic heterocycles. The quantitative estimate of drug-likeness (QED) is 0.860. The van der Waals surface area contributed by atoms with Gasteiger partial charge in [-0.25, -0.2) is 4.39 Å². The number of esters is 1. The van der Waals surface area contributed by atoms with Gasteiger partial charge in [-0.05, 0) is 41.4 Å². The maximum absolute atomic E-state index is 13.4. The van der Waals surface area contributed by atoms with Crippen LogP contribution in [-0.4, -0.2) is 13.1 Å². The fraction of sp³-hybridized carbons (Fsp3) is 0.417. The lowest BCUT2D eigenvalue weighted by Gasteiger charge is -2.29. The predicted octanol–water partition coefficient (Wildman–Crippen LogP) is 3.21. The van der Waals surface area contributed by atoms with Gasteiger partial charge in [0, 0.05) is 6.04 Å². The molecule has 0 bridgehead atoms. The molecule has 0 fully saturated rings. The van der Waals surface area contributed by atoms with Crippen molar-refractivity contribution in [3.8, 4) is 0 Å². The molecule has 0 spiro atoms. The predicted molar refractivity (Wildman–Crippen MR) is 74.1 cm³/mol. The highest BCUT2D eigenvalue weighted by Gasteiger charge is 2.37. The number of benzene rings is 1. The molecule has 1 atom stereocenters. The van der Waals surface area contributed by atoms with Gasteiger partial charge in [-0.15, -0.1) is 12.4 Å². The minimum absolute atomic E-state index is 0. The van der Waals surface area contributed by atoms with Crippen molar-refractivity contribution >= 4 is 34.3 Å². The van der Waals surface area contributed by atoms with E-state index < -0.39 is 23.2 Å². The molecule has 0 saturated heterocycles. The largest absolute Gasteiger partial charge is 0.469 e. The first kappa shape index (κ1) is 17.4. The molecule has 0 aromatic heterocycles. The fourth-order valence-corrected chi connectivity index (χ4v) is 2.05. The first-order valence-electron chi connectivity index (χ1n) is 5.10. The Balaban J connectivity index is 0.00000289. The minimum Gasteiger partial charge on any atom is -0.469 e. The van der Waals surface area contributed by atoms with Crippen LogP contribution in [0.5, 0.6) is 0 Å². The van der Waals surface area contributed by atoms with E-state index in [0.29, 0.717) is 5.56 Å². The molecular formula is C12H16BrClFNO2. The fourth-order valence-electron chi connectivity index (χ4n) is 1.54. The molecule has 102 valence electrons. The smallest absolute Gasteiger partial charge is 0.313 e. The molecule has 18 heavy (non-hydrogen) atoms. The highest BCUT2D eigenvalue weighted by molar-refractivity contribution is 9.10. The monoisotopic (exact) mass is 339 g/mol. The Kier molecular flexibility index (Phi) is 6.26. The van der Waals surface area contributed by atoms with E-state index >= 15 is 0 Å². The number of carbonyl (C=O) groups is 1. The number of hydrogen-bond donors (Lipinski definition) is 1. The third-order valence-electron chi connectivity index (χ3n) is 2.81. The van der Waals surface area contributed by atoms with E-state index in [4.69, 9.17) is 10.5 Å². The van der Waals surface area contributed by atoms with E-state index in [-0.39, 0.29) is 16.9 Å². The standard InChI is InChI=1S/C12H15BrFNO2.ClH/c1-12(2,11(16)17-3)10(15)7-5-4-6-8(14)9(7)13;/h4-6,10H,15H2,1-3H3;1H/t10-;/m0./s1. The molecule has 6 heteroatoms. The molecule has 1 aromatic rings. The highest BCUT2D eigenvalue weighted by atomic mass is 79.9. The van der Waals surface area contributed by atoms with Gasteiger partial charge in [-0.2, -0.15) is 0 Å². The molecule has 3 nitrogen and oxygen atoms in total. The van der Waals surface area contributed by atoms with Gasteiger partial charge in [0.15, 0.2) is 0 Å². The van der Waals surface area contributed by atoms with Crippen LogP contribution >= 0.6 is 28.3 Å². The number of ether oxygens (including phenoxy) is 1. The van der Waals surface area contributed by atoms with Crippen LogP contribution < -0.4 is 5.73 Å². The van der Waals surface area contributed by atoms with Gasteiger partial charge in [0.25, 0.3) is 0 Å². The van der Waals surface area contributed by atoms with Crippen molar-refractivity contribution in [2.24, 2.45) is 11.1 Å². The number of carbonyl (C=O) groups excluding carboxylic acids is 1. The molecule has 0 heterocycles. The van der Waals surface area contributed by atoms with Gasteiger partial charge in [0.05, 0.1) is 17.0 Å². The van der Waals surface area contributed by atoms with Crippen molar-refractivity contribution in [3.05, 3.63) is 34.1 Å². The lowest BCUT2D eigenvalue weighted by Crippen LogP contribution is -2.37. The third kappa shape index (κ3) is 3.22. The van der Waals surface area contributed by atoms with Crippen molar-refractivity contribution in [2.45, 2.75) is 19.9 Å². The van der Waals surface area contributed by atoms with Gasteiger partial charge in [-0.1, -0.05) is 12.1 Å². The van der Waals surface area contributed by atoms with E-state index in [9.17, 15) is 9.18 Å².